The summed E-state index contributed by atoms with van der Waals surface area (Å²) in [6, 6.07) is 9.65. The second-order valence-electron chi connectivity index (χ2n) is 5.17. The number of hydrogen-bond acceptors (Lipinski definition) is 3. The average molecular weight is 231 g/mol. The second-order valence-corrected chi connectivity index (χ2v) is 5.17. The molecule has 3 rings (SSSR count). The highest BCUT2D eigenvalue weighted by molar-refractivity contribution is 5.48. The molecule has 2 aliphatic rings. The molecule has 0 saturated carbocycles. The second kappa shape index (κ2) is 4.67. The standard InChI is InChI=1S/C14H21N3/c1-12-3-2-4-13(9-12)16-5-7-17(8-6-16)14-10-15-11-14/h2-4,9,14-15H,5-8,10-11H2,1H3. The van der Waals surface area contributed by atoms with E-state index in [4.69, 9.17) is 0 Å². The monoisotopic (exact) mass is 231 g/mol. The van der Waals surface area contributed by atoms with Crippen molar-refractivity contribution < 1.29 is 0 Å². The van der Waals surface area contributed by atoms with Gasteiger partial charge in [-0.3, -0.25) is 4.90 Å². The summed E-state index contributed by atoms with van der Waals surface area (Å²) in [6.45, 7) is 9.29. The highest BCUT2D eigenvalue weighted by atomic mass is 15.3. The Hall–Kier alpha value is -1.06. The summed E-state index contributed by atoms with van der Waals surface area (Å²) in [5.74, 6) is 0. The topological polar surface area (TPSA) is 18.5 Å². The fourth-order valence-corrected chi connectivity index (χ4v) is 2.70. The van der Waals surface area contributed by atoms with E-state index in [1.165, 1.54) is 50.5 Å². The maximum atomic E-state index is 3.35. The van der Waals surface area contributed by atoms with Gasteiger partial charge in [-0.05, 0) is 24.6 Å². The van der Waals surface area contributed by atoms with E-state index < -0.39 is 0 Å². The van der Waals surface area contributed by atoms with E-state index in [1.807, 2.05) is 0 Å². The van der Waals surface area contributed by atoms with Crippen LogP contribution < -0.4 is 10.2 Å². The molecule has 1 aromatic carbocycles. The molecule has 2 saturated heterocycles. The molecule has 0 atom stereocenters. The number of anilines is 1. The van der Waals surface area contributed by atoms with Gasteiger partial charge >= 0.3 is 0 Å². The number of hydrogen-bond donors (Lipinski definition) is 1. The smallest absolute Gasteiger partial charge is 0.0369 e. The molecular weight excluding hydrogens is 210 g/mol. The van der Waals surface area contributed by atoms with Crippen molar-refractivity contribution in [3.8, 4) is 0 Å². The summed E-state index contributed by atoms with van der Waals surface area (Å²) in [6.07, 6.45) is 0. The maximum absolute atomic E-state index is 3.35. The Morgan fingerprint density at radius 1 is 1.12 bits per heavy atom. The van der Waals surface area contributed by atoms with Crippen molar-refractivity contribution in [2.45, 2.75) is 13.0 Å². The Balaban J connectivity index is 1.60. The predicted molar refractivity (Wildman–Crippen MR) is 71.6 cm³/mol. The summed E-state index contributed by atoms with van der Waals surface area (Å²) in [7, 11) is 0. The van der Waals surface area contributed by atoms with Gasteiger partial charge in [-0.1, -0.05) is 12.1 Å². The van der Waals surface area contributed by atoms with E-state index in [9.17, 15) is 0 Å². The zero-order valence-electron chi connectivity index (χ0n) is 10.5. The van der Waals surface area contributed by atoms with Gasteiger partial charge in [0.1, 0.15) is 0 Å². The molecule has 0 aliphatic carbocycles. The van der Waals surface area contributed by atoms with Gasteiger partial charge in [-0.15, -0.1) is 0 Å². The van der Waals surface area contributed by atoms with E-state index in [2.05, 4.69) is 46.3 Å². The molecule has 0 aromatic heterocycles. The quantitative estimate of drug-likeness (QED) is 0.822. The van der Waals surface area contributed by atoms with Crippen molar-refractivity contribution in [1.82, 2.24) is 10.2 Å². The fourth-order valence-electron chi connectivity index (χ4n) is 2.70. The van der Waals surface area contributed by atoms with Gasteiger partial charge in [0.2, 0.25) is 0 Å². The molecule has 17 heavy (non-hydrogen) atoms. The van der Waals surface area contributed by atoms with E-state index in [0.717, 1.165) is 6.04 Å². The SMILES string of the molecule is Cc1cccc(N2CCN(C3CNC3)CC2)c1. The molecule has 0 bridgehead atoms. The van der Waals surface area contributed by atoms with Crippen LogP contribution in [0.4, 0.5) is 5.69 Å². The zero-order valence-corrected chi connectivity index (χ0v) is 10.5. The van der Waals surface area contributed by atoms with Crippen molar-refractivity contribution in [3.05, 3.63) is 29.8 Å². The number of rotatable bonds is 2. The molecule has 3 nitrogen and oxygen atoms in total. The van der Waals surface area contributed by atoms with E-state index in [-0.39, 0.29) is 0 Å². The van der Waals surface area contributed by atoms with Gasteiger partial charge in [0, 0.05) is 51.0 Å². The Labute approximate surface area is 103 Å². The Morgan fingerprint density at radius 2 is 1.88 bits per heavy atom. The van der Waals surface area contributed by atoms with Crippen molar-refractivity contribution in [1.29, 1.82) is 0 Å². The highest BCUT2D eigenvalue weighted by Gasteiger charge is 2.27. The lowest BCUT2D eigenvalue weighted by Gasteiger charge is -2.43. The molecule has 1 aromatic rings. The minimum Gasteiger partial charge on any atom is -0.369 e. The molecule has 3 heteroatoms. The van der Waals surface area contributed by atoms with Gasteiger partial charge in [0.15, 0.2) is 0 Å². The Morgan fingerprint density at radius 3 is 2.47 bits per heavy atom. The molecular formula is C14H21N3. The molecule has 2 heterocycles. The van der Waals surface area contributed by atoms with Gasteiger partial charge in [-0.25, -0.2) is 0 Å². The summed E-state index contributed by atoms with van der Waals surface area (Å²) < 4.78 is 0. The van der Waals surface area contributed by atoms with E-state index in [0.29, 0.717) is 0 Å². The number of nitrogens with zero attached hydrogens (tertiary/aromatic N) is 2. The largest absolute Gasteiger partial charge is 0.369 e. The van der Waals surface area contributed by atoms with Crippen LogP contribution in [0.2, 0.25) is 0 Å². The zero-order chi connectivity index (χ0) is 11.7. The van der Waals surface area contributed by atoms with Crippen LogP contribution >= 0.6 is 0 Å². The minimum absolute atomic E-state index is 0.801. The van der Waals surface area contributed by atoms with Crippen molar-refractivity contribution in [3.63, 3.8) is 0 Å². The lowest BCUT2D eigenvalue weighted by Crippen LogP contribution is -2.61. The van der Waals surface area contributed by atoms with Crippen LogP contribution in [0.15, 0.2) is 24.3 Å². The predicted octanol–water partition coefficient (Wildman–Crippen LogP) is 1.09. The molecule has 0 radical (unpaired) electrons. The van der Waals surface area contributed by atoms with Gasteiger partial charge in [0.25, 0.3) is 0 Å². The molecule has 1 N–H and O–H groups in total. The van der Waals surface area contributed by atoms with Crippen LogP contribution in [0.5, 0.6) is 0 Å². The summed E-state index contributed by atoms with van der Waals surface area (Å²) in [4.78, 5) is 5.14. The first-order valence-electron chi connectivity index (χ1n) is 6.59. The third kappa shape index (κ3) is 2.31. The average Bonchev–Trinajstić information content (AvgIpc) is 2.28. The van der Waals surface area contributed by atoms with Crippen LogP contribution in [0.25, 0.3) is 0 Å². The van der Waals surface area contributed by atoms with Gasteiger partial charge in [0.05, 0.1) is 0 Å². The molecule has 92 valence electrons. The number of piperazine rings is 1. The maximum Gasteiger partial charge on any atom is 0.0369 e. The molecule has 2 aliphatic heterocycles. The molecule has 0 spiro atoms. The third-order valence-corrected chi connectivity index (χ3v) is 3.96. The first kappa shape index (κ1) is 11.1. The van der Waals surface area contributed by atoms with Crippen molar-refractivity contribution in [2.75, 3.05) is 44.2 Å². The Bertz CT molecular complexity index is 379. The number of nitrogens with one attached hydrogen (secondary N) is 1. The van der Waals surface area contributed by atoms with Crippen LogP contribution in [0, 0.1) is 6.92 Å². The first-order chi connectivity index (χ1) is 8.33. The van der Waals surface area contributed by atoms with Gasteiger partial charge < -0.3 is 10.2 Å². The first-order valence-corrected chi connectivity index (χ1v) is 6.59. The van der Waals surface area contributed by atoms with Crippen LogP contribution in [0.1, 0.15) is 5.56 Å². The normalized spacial score (nSPS) is 22.5. The fraction of sp³-hybridized carbons (Fsp3) is 0.571. The van der Waals surface area contributed by atoms with Gasteiger partial charge in [-0.2, -0.15) is 0 Å². The van der Waals surface area contributed by atoms with Crippen molar-refractivity contribution in [2.24, 2.45) is 0 Å². The summed E-state index contributed by atoms with van der Waals surface area (Å²) in [5, 5.41) is 3.35. The third-order valence-electron chi connectivity index (χ3n) is 3.96. The van der Waals surface area contributed by atoms with Crippen LogP contribution in [-0.2, 0) is 0 Å². The number of benzene rings is 1. The van der Waals surface area contributed by atoms with Crippen LogP contribution in [0.3, 0.4) is 0 Å². The summed E-state index contributed by atoms with van der Waals surface area (Å²) in [5.41, 5.74) is 2.74. The minimum atomic E-state index is 0.801. The molecule has 0 unspecified atom stereocenters. The lowest BCUT2D eigenvalue weighted by molar-refractivity contribution is 0.138. The molecule has 2 fully saturated rings. The highest BCUT2D eigenvalue weighted by Crippen LogP contribution is 2.19. The number of aryl methyl sites for hydroxylation is 1. The van der Waals surface area contributed by atoms with E-state index in [1.54, 1.807) is 0 Å². The Kier molecular flexibility index (Phi) is 3.04. The van der Waals surface area contributed by atoms with Crippen LogP contribution in [-0.4, -0.2) is 50.2 Å². The van der Waals surface area contributed by atoms with E-state index >= 15 is 0 Å². The summed E-state index contributed by atoms with van der Waals surface area (Å²) >= 11 is 0. The lowest BCUT2D eigenvalue weighted by atomic mass is 10.1. The van der Waals surface area contributed by atoms with Crippen molar-refractivity contribution >= 4 is 5.69 Å². The molecule has 0 amide bonds.